The van der Waals surface area contributed by atoms with Crippen molar-refractivity contribution in [1.82, 2.24) is 24.4 Å². The van der Waals surface area contributed by atoms with Crippen molar-refractivity contribution < 1.29 is 13.9 Å². The smallest absolute Gasteiger partial charge is 0.277 e. The maximum atomic E-state index is 14.9. The van der Waals surface area contributed by atoms with Crippen LogP contribution < -0.4 is 15.6 Å². The lowest BCUT2D eigenvalue weighted by Crippen LogP contribution is -2.37. The number of hydrogen-bond acceptors (Lipinski definition) is 5. The first-order chi connectivity index (χ1) is 16.8. The van der Waals surface area contributed by atoms with Gasteiger partial charge in [0.05, 0.1) is 23.5 Å². The molecular weight excluding hydrogens is 473 g/mol. The van der Waals surface area contributed by atoms with E-state index < -0.39 is 11.4 Å². The van der Waals surface area contributed by atoms with E-state index in [0.29, 0.717) is 12.5 Å². The normalized spacial score (nSPS) is 14.5. The SMILES string of the molecule is CC(C)NC(=O)Cn1c(-c2cccc(Cl)c2F)cn2nc(OCCCN3CCCCC3)cc2c1=O. The van der Waals surface area contributed by atoms with Crippen LogP contribution in [0.15, 0.2) is 35.3 Å². The van der Waals surface area contributed by atoms with Crippen molar-refractivity contribution in [3.63, 3.8) is 0 Å². The number of rotatable bonds is 9. The molecule has 3 heterocycles. The van der Waals surface area contributed by atoms with Crippen molar-refractivity contribution >= 4 is 23.0 Å². The first-order valence-corrected chi connectivity index (χ1v) is 12.4. The van der Waals surface area contributed by atoms with Crippen LogP contribution in [0.4, 0.5) is 4.39 Å². The number of benzene rings is 1. The summed E-state index contributed by atoms with van der Waals surface area (Å²) in [7, 11) is 0. The average molecular weight is 504 g/mol. The largest absolute Gasteiger partial charge is 0.477 e. The number of piperidine rings is 1. The predicted octanol–water partition coefficient (Wildman–Crippen LogP) is 3.73. The van der Waals surface area contributed by atoms with Crippen molar-refractivity contribution in [2.24, 2.45) is 0 Å². The van der Waals surface area contributed by atoms with E-state index in [-0.39, 0.29) is 40.3 Å². The molecule has 0 aliphatic carbocycles. The van der Waals surface area contributed by atoms with Gasteiger partial charge in [-0.25, -0.2) is 8.91 Å². The van der Waals surface area contributed by atoms with Gasteiger partial charge < -0.3 is 15.0 Å². The minimum Gasteiger partial charge on any atom is -0.477 e. The molecule has 0 unspecified atom stereocenters. The van der Waals surface area contributed by atoms with Crippen LogP contribution in [0.25, 0.3) is 16.8 Å². The lowest BCUT2D eigenvalue weighted by atomic mass is 10.1. The van der Waals surface area contributed by atoms with Crippen LogP contribution in [-0.2, 0) is 11.3 Å². The van der Waals surface area contributed by atoms with E-state index in [1.165, 1.54) is 46.7 Å². The number of ether oxygens (including phenoxy) is 1. The van der Waals surface area contributed by atoms with Gasteiger partial charge in [-0.15, -0.1) is 5.10 Å². The second-order valence-electron chi connectivity index (χ2n) is 9.15. The number of amides is 1. The van der Waals surface area contributed by atoms with Gasteiger partial charge in [-0.05, 0) is 58.3 Å². The van der Waals surface area contributed by atoms with Crippen LogP contribution in [0.5, 0.6) is 5.88 Å². The molecule has 0 bridgehead atoms. The van der Waals surface area contributed by atoms with E-state index in [9.17, 15) is 14.0 Å². The van der Waals surface area contributed by atoms with Crippen LogP contribution in [0.3, 0.4) is 0 Å². The summed E-state index contributed by atoms with van der Waals surface area (Å²) < 4.78 is 23.3. The summed E-state index contributed by atoms with van der Waals surface area (Å²) in [5.41, 5.74) is 0.0607. The van der Waals surface area contributed by atoms with Crippen molar-refractivity contribution in [1.29, 1.82) is 0 Å². The molecule has 1 aliphatic heterocycles. The fraction of sp³-hybridized carbons (Fsp3) is 0.480. The number of likely N-dealkylation sites (tertiary alicyclic amines) is 1. The fourth-order valence-electron chi connectivity index (χ4n) is 4.37. The first-order valence-electron chi connectivity index (χ1n) is 12.1. The highest BCUT2D eigenvalue weighted by molar-refractivity contribution is 6.31. The standard InChI is InChI=1S/C25H31ClFN5O3/c1-17(2)28-22(33)16-31-21(18-8-6-9-19(26)24(18)27)15-32-20(25(31)34)14-23(29-32)35-13-7-12-30-10-4-3-5-11-30/h6,8-9,14-15,17H,3-5,7,10-13,16H2,1-2H3,(H,28,33). The minimum absolute atomic E-state index is 0.0774. The fourth-order valence-corrected chi connectivity index (χ4v) is 4.54. The zero-order valence-corrected chi connectivity index (χ0v) is 20.9. The van der Waals surface area contributed by atoms with Crippen LogP contribution in [-0.4, -0.2) is 57.3 Å². The highest BCUT2D eigenvalue weighted by atomic mass is 35.5. The van der Waals surface area contributed by atoms with E-state index in [1.807, 2.05) is 13.8 Å². The molecular formula is C25H31ClFN5O3. The molecule has 35 heavy (non-hydrogen) atoms. The molecule has 0 radical (unpaired) electrons. The quantitative estimate of drug-likeness (QED) is 0.450. The average Bonchev–Trinajstić information content (AvgIpc) is 3.24. The zero-order chi connectivity index (χ0) is 24.9. The molecule has 1 amide bonds. The van der Waals surface area contributed by atoms with Gasteiger partial charge in [0.25, 0.3) is 5.56 Å². The Morgan fingerprint density at radius 1 is 1.26 bits per heavy atom. The molecule has 4 rings (SSSR count). The van der Waals surface area contributed by atoms with Crippen molar-refractivity contribution in [2.45, 2.75) is 52.1 Å². The molecule has 1 aromatic carbocycles. The number of carbonyl (C=O) groups is 1. The summed E-state index contributed by atoms with van der Waals surface area (Å²) in [6.07, 6.45) is 6.15. The summed E-state index contributed by atoms with van der Waals surface area (Å²) >= 11 is 5.99. The van der Waals surface area contributed by atoms with E-state index in [1.54, 1.807) is 12.1 Å². The lowest BCUT2D eigenvalue weighted by molar-refractivity contribution is -0.122. The Morgan fingerprint density at radius 3 is 2.77 bits per heavy atom. The lowest BCUT2D eigenvalue weighted by Gasteiger charge is -2.26. The van der Waals surface area contributed by atoms with Crippen LogP contribution in [0.1, 0.15) is 39.5 Å². The Bertz CT molecular complexity index is 1250. The number of nitrogens with zero attached hydrogens (tertiary/aromatic N) is 4. The third kappa shape index (κ3) is 6.02. The van der Waals surface area contributed by atoms with Crippen molar-refractivity contribution in [2.75, 3.05) is 26.2 Å². The Morgan fingerprint density at radius 2 is 2.03 bits per heavy atom. The molecule has 1 N–H and O–H groups in total. The van der Waals surface area contributed by atoms with Crippen LogP contribution >= 0.6 is 11.6 Å². The molecule has 188 valence electrons. The Kier molecular flexibility index (Phi) is 8.07. The second-order valence-corrected chi connectivity index (χ2v) is 9.55. The number of nitrogens with one attached hydrogen (secondary N) is 1. The molecule has 1 aliphatic rings. The minimum atomic E-state index is -0.674. The van der Waals surface area contributed by atoms with Crippen LogP contribution in [0.2, 0.25) is 5.02 Å². The van der Waals surface area contributed by atoms with E-state index in [2.05, 4.69) is 15.3 Å². The van der Waals surface area contributed by atoms with Gasteiger partial charge in [-0.3, -0.25) is 14.2 Å². The highest BCUT2D eigenvalue weighted by Crippen LogP contribution is 2.27. The molecule has 8 nitrogen and oxygen atoms in total. The number of hydrogen-bond donors (Lipinski definition) is 1. The van der Waals surface area contributed by atoms with E-state index >= 15 is 0 Å². The molecule has 1 saturated heterocycles. The molecule has 0 saturated carbocycles. The van der Waals surface area contributed by atoms with Gasteiger partial charge in [0.2, 0.25) is 11.8 Å². The van der Waals surface area contributed by atoms with Gasteiger partial charge in [0, 0.05) is 24.2 Å². The third-order valence-electron chi connectivity index (χ3n) is 6.01. The summed E-state index contributed by atoms with van der Waals surface area (Å²) in [6, 6.07) is 5.98. The third-order valence-corrected chi connectivity index (χ3v) is 6.30. The Labute approximate surface area is 208 Å². The maximum absolute atomic E-state index is 14.9. The summed E-state index contributed by atoms with van der Waals surface area (Å²) in [5, 5.41) is 7.07. The second kappa shape index (κ2) is 11.2. The number of fused-ring (bicyclic) bond motifs is 1. The monoisotopic (exact) mass is 503 g/mol. The molecule has 0 spiro atoms. The van der Waals surface area contributed by atoms with E-state index in [0.717, 1.165) is 26.1 Å². The Balaban J connectivity index is 1.62. The number of halogens is 2. The maximum Gasteiger partial charge on any atom is 0.277 e. The van der Waals surface area contributed by atoms with E-state index in [4.69, 9.17) is 16.3 Å². The van der Waals surface area contributed by atoms with Gasteiger partial charge in [-0.1, -0.05) is 24.1 Å². The van der Waals surface area contributed by atoms with Gasteiger partial charge in [-0.2, -0.15) is 0 Å². The predicted molar refractivity (Wildman–Crippen MR) is 134 cm³/mol. The zero-order valence-electron chi connectivity index (χ0n) is 20.1. The molecule has 0 atom stereocenters. The van der Waals surface area contributed by atoms with Crippen molar-refractivity contribution in [3.05, 3.63) is 51.7 Å². The topological polar surface area (TPSA) is 80.9 Å². The summed E-state index contributed by atoms with van der Waals surface area (Å²) in [4.78, 5) is 28.3. The van der Waals surface area contributed by atoms with Gasteiger partial charge >= 0.3 is 0 Å². The van der Waals surface area contributed by atoms with Gasteiger partial charge in [0.1, 0.15) is 12.1 Å². The first kappa shape index (κ1) is 25.2. The summed E-state index contributed by atoms with van der Waals surface area (Å²) in [6.45, 7) is 7.07. The number of carbonyl (C=O) groups excluding carboxylic acids is 1. The number of aromatic nitrogens is 3. The van der Waals surface area contributed by atoms with Crippen LogP contribution in [0, 0.1) is 5.82 Å². The summed E-state index contributed by atoms with van der Waals surface area (Å²) in [5.74, 6) is -0.723. The molecule has 2 aromatic heterocycles. The van der Waals surface area contributed by atoms with Crippen molar-refractivity contribution in [3.8, 4) is 17.1 Å². The molecule has 3 aromatic rings. The molecule has 10 heteroatoms. The van der Waals surface area contributed by atoms with Gasteiger partial charge in [0.15, 0.2) is 5.82 Å². The molecule has 1 fully saturated rings. The Hall–Kier alpha value is -2.91. The highest BCUT2D eigenvalue weighted by Gasteiger charge is 2.20.